The molecule has 1 N–H and O–H groups in total. The molecule has 0 spiro atoms. The average Bonchev–Trinajstić information content (AvgIpc) is 2.34. The highest BCUT2D eigenvalue weighted by Crippen LogP contribution is 2.17. The van der Waals surface area contributed by atoms with E-state index in [-0.39, 0.29) is 0 Å². The van der Waals surface area contributed by atoms with E-state index in [1.807, 2.05) is 24.3 Å². The molecule has 18 heavy (non-hydrogen) atoms. The maximum atomic E-state index is 9.37. The fourth-order valence-electron chi connectivity index (χ4n) is 1.48. The highest BCUT2D eigenvalue weighted by atomic mass is 16.5. The number of hydrogen-bond donors (Lipinski definition) is 1. The van der Waals surface area contributed by atoms with Crippen LogP contribution in [-0.2, 0) is 4.74 Å². The summed E-state index contributed by atoms with van der Waals surface area (Å²) >= 11 is 0. The van der Waals surface area contributed by atoms with Gasteiger partial charge in [0.25, 0.3) is 0 Å². The van der Waals surface area contributed by atoms with E-state index in [0.717, 1.165) is 24.3 Å². The SMILES string of the molecule is CC(C)CCOCCOc1ccc([C@H](C)O)cc1. The third kappa shape index (κ3) is 6.03. The van der Waals surface area contributed by atoms with E-state index in [9.17, 15) is 5.11 Å². The Labute approximate surface area is 110 Å². The predicted octanol–water partition coefficient (Wildman–Crippen LogP) is 3.18. The van der Waals surface area contributed by atoms with E-state index in [2.05, 4.69) is 13.8 Å². The quantitative estimate of drug-likeness (QED) is 0.722. The minimum atomic E-state index is -0.432. The average molecular weight is 252 g/mol. The summed E-state index contributed by atoms with van der Waals surface area (Å²) in [5.74, 6) is 1.49. The Morgan fingerprint density at radius 1 is 1.00 bits per heavy atom. The summed E-state index contributed by atoms with van der Waals surface area (Å²) in [7, 11) is 0. The second kappa shape index (κ2) is 8.11. The molecule has 1 atom stereocenters. The van der Waals surface area contributed by atoms with Crippen LogP contribution < -0.4 is 4.74 Å². The van der Waals surface area contributed by atoms with Gasteiger partial charge in [-0.3, -0.25) is 0 Å². The number of rotatable bonds is 8. The molecular formula is C15H24O3. The van der Waals surface area contributed by atoms with Crippen LogP contribution >= 0.6 is 0 Å². The molecule has 0 aliphatic rings. The van der Waals surface area contributed by atoms with Crippen LogP contribution in [0.3, 0.4) is 0 Å². The molecule has 1 rings (SSSR count). The minimum Gasteiger partial charge on any atom is -0.491 e. The van der Waals surface area contributed by atoms with Crippen molar-refractivity contribution in [2.24, 2.45) is 5.92 Å². The molecule has 0 bridgehead atoms. The van der Waals surface area contributed by atoms with E-state index in [1.165, 1.54) is 0 Å². The van der Waals surface area contributed by atoms with E-state index in [1.54, 1.807) is 6.92 Å². The van der Waals surface area contributed by atoms with Crippen LogP contribution in [0.4, 0.5) is 0 Å². The Bertz CT molecular complexity index is 317. The van der Waals surface area contributed by atoms with E-state index < -0.39 is 6.10 Å². The van der Waals surface area contributed by atoms with Crippen LogP contribution in [0.25, 0.3) is 0 Å². The van der Waals surface area contributed by atoms with Crippen LogP contribution in [0.5, 0.6) is 5.75 Å². The summed E-state index contributed by atoms with van der Waals surface area (Å²) in [5, 5.41) is 9.37. The van der Waals surface area contributed by atoms with E-state index in [0.29, 0.717) is 19.1 Å². The standard InChI is InChI=1S/C15H24O3/c1-12(2)8-9-17-10-11-18-15-6-4-14(5-7-15)13(3)16/h4-7,12-13,16H,8-11H2,1-3H3/t13-/m0/s1. The highest BCUT2D eigenvalue weighted by Gasteiger charge is 2.00. The summed E-state index contributed by atoms with van der Waals surface area (Å²) < 4.78 is 11.0. The largest absolute Gasteiger partial charge is 0.491 e. The zero-order valence-electron chi connectivity index (χ0n) is 11.6. The normalized spacial score (nSPS) is 12.7. The summed E-state index contributed by atoms with van der Waals surface area (Å²) in [6.45, 7) is 8.09. The van der Waals surface area contributed by atoms with Crippen molar-refractivity contribution in [2.75, 3.05) is 19.8 Å². The van der Waals surface area contributed by atoms with Gasteiger partial charge in [0.05, 0.1) is 12.7 Å². The van der Waals surface area contributed by atoms with Gasteiger partial charge in [0, 0.05) is 6.61 Å². The van der Waals surface area contributed by atoms with Gasteiger partial charge in [-0.05, 0) is 37.0 Å². The zero-order valence-corrected chi connectivity index (χ0v) is 11.6. The number of hydrogen-bond acceptors (Lipinski definition) is 3. The summed E-state index contributed by atoms with van der Waals surface area (Å²) in [6, 6.07) is 7.49. The van der Waals surface area contributed by atoms with Gasteiger partial charge in [-0.2, -0.15) is 0 Å². The smallest absolute Gasteiger partial charge is 0.119 e. The molecule has 0 fully saturated rings. The van der Waals surface area contributed by atoms with Crippen LogP contribution in [0.1, 0.15) is 38.9 Å². The number of ether oxygens (including phenoxy) is 2. The Hall–Kier alpha value is -1.06. The van der Waals surface area contributed by atoms with Gasteiger partial charge in [0.2, 0.25) is 0 Å². The molecule has 0 saturated heterocycles. The first kappa shape index (κ1) is 15.0. The lowest BCUT2D eigenvalue weighted by molar-refractivity contribution is 0.0925. The molecule has 0 aliphatic heterocycles. The summed E-state index contributed by atoms with van der Waals surface area (Å²) in [5.41, 5.74) is 0.899. The Morgan fingerprint density at radius 2 is 1.67 bits per heavy atom. The molecule has 102 valence electrons. The van der Waals surface area contributed by atoms with E-state index >= 15 is 0 Å². The van der Waals surface area contributed by atoms with Crippen molar-refractivity contribution in [1.29, 1.82) is 0 Å². The molecule has 1 aromatic rings. The second-order valence-corrected chi connectivity index (χ2v) is 4.89. The van der Waals surface area contributed by atoms with Crippen molar-refractivity contribution >= 4 is 0 Å². The molecule has 0 amide bonds. The Balaban J connectivity index is 2.15. The van der Waals surface area contributed by atoms with Crippen LogP contribution in [0, 0.1) is 5.92 Å². The molecule has 3 heteroatoms. The van der Waals surface area contributed by atoms with Crippen molar-refractivity contribution in [2.45, 2.75) is 33.3 Å². The maximum Gasteiger partial charge on any atom is 0.119 e. The van der Waals surface area contributed by atoms with Crippen LogP contribution in [0.2, 0.25) is 0 Å². The third-order valence-corrected chi connectivity index (χ3v) is 2.70. The van der Waals surface area contributed by atoms with Crippen LogP contribution in [0.15, 0.2) is 24.3 Å². The number of aliphatic hydroxyl groups excluding tert-OH is 1. The highest BCUT2D eigenvalue weighted by molar-refractivity contribution is 5.28. The molecule has 0 aromatic heterocycles. The molecule has 0 aliphatic carbocycles. The first-order valence-corrected chi connectivity index (χ1v) is 6.58. The van der Waals surface area contributed by atoms with Crippen molar-refractivity contribution in [3.63, 3.8) is 0 Å². The lowest BCUT2D eigenvalue weighted by Crippen LogP contribution is -2.08. The van der Waals surface area contributed by atoms with Gasteiger partial charge in [0.1, 0.15) is 12.4 Å². The summed E-state index contributed by atoms with van der Waals surface area (Å²) in [4.78, 5) is 0. The van der Waals surface area contributed by atoms with E-state index in [4.69, 9.17) is 9.47 Å². The Morgan fingerprint density at radius 3 is 2.22 bits per heavy atom. The van der Waals surface area contributed by atoms with Gasteiger partial charge in [0.15, 0.2) is 0 Å². The van der Waals surface area contributed by atoms with Gasteiger partial charge < -0.3 is 14.6 Å². The topological polar surface area (TPSA) is 38.7 Å². The van der Waals surface area contributed by atoms with Crippen molar-refractivity contribution < 1.29 is 14.6 Å². The second-order valence-electron chi connectivity index (χ2n) is 4.89. The minimum absolute atomic E-state index is 0.432. The van der Waals surface area contributed by atoms with Gasteiger partial charge in [-0.25, -0.2) is 0 Å². The lowest BCUT2D eigenvalue weighted by Gasteiger charge is -2.09. The number of benzene rings is 1. The summed E-state index contributed by atoms with van der Waals surface area (Å²) in [6.07, 6.45) is 0.654. The predicted molar refractivity (Wildman–Crippen MR) is 72.8 cm³/mol. The zero-order chi connectivity index (χ0) is 13.4. The number of aliphatic hydroxyl groups is 1. The van der Waals surface area contributed by atoms with Crippen molar-refractivity contribution in [1.82, 2.24) is 0 Å². The molecule has 0 saturated carbocycles. The lowest BCUT2D eigenvalue weighted by atomic mass is 10.1. The monoisotopic (exact) mass is 252 g/mol. The fourth-order valence-corrected chi connectivity index (χ4v) is 1.48. The molecule has 3 nitrogen and oxygen atoms in total. The van der Waals surface area contributed by atoms with Crippen molar-refractivity contribution in [3.8, 4) is 5.75 Å². The molecule has 1 aromatic carbocycles. The molecule has 0 heterocycles. The van der Waals surface area contributed by atoms with Gasteiger partial charge in [-0.15, -0.1) is 0 Å². The first-order chi connectivity index (χ1) is 8.59. The van der Waals surface area contributed by atoms with Gasteiger partial charge >= 0.3 is 0 Å². The molecule has 0 radical (unpaired) electrons. The molecule has 0 unspecified atom stereocenters. The Kier molecular flexibility index (Phi) is 6.76. The first-order valence-electron chi connectivity index (χ1n) is 6.58. The maximum absolute atomic E-state index is 9.37. The van der Waals surface area contributed by atoms with Gasteiger partial charge in [-0.1, -0.05) is 26.0 Å². The fraction of sp³-hybridized carbons (Fsp3) is 0.600. The van der Waals surface area contributed by atoms with Crippen molar-refractivity contribution in [3.05, 3.63) is 29.8 Å². The molecular weight excluding hydrogens is 228 g/mol. The third-order valence-electron chi connectivity index (χ3n) is 2.70. The van der Waals surface area contributed by atoms with Crippen LogP contribution in [-0.4, -0.2) is 24.9 Å².